The number of fused-ring (bicyclic) bond motifs is 1. The topological polar surface area (TPSA) is 43.8 Å². The summed E-state index contributed by atoms with van der Waals surface area (Å²) >= 11 is 0. The van der Waals surface area contributed by atoms with Gasteiger partial charge < -0.3 is 10.0 Å². The summed E-state index contributed by atoms with van der Waals surface area (Å²) in [5.74, 6) is 0.620. The first-order valence-electron chi connectivity index (χ1n) is 7.94. The first-order chi connectivity index (χ1) is 10.2. The normalized spacial score (nSPS) is 25.9. The number of hydrogen-bond donors (Lipinski definition) is 1. The van der Waals surface area contributed by atoms with Gasteiger partial charge in [0.1, 0.15) is 0 Å². The summed E-state index contributed by atoms with van der Waals surface area (Å²) in [6.07, 6.45) is 3.20. The minimum atomic E-state index is 0.126. The standard InChI is InChI=1S/C17H24N2O2/c1-13-5-4-9-18(16(13)12-20)11-17(21)19-10-8-14-6-2-3-7-15(14)19/h2-3,6-7,13,16,20H,4-5,8-12H2,1H3. The molecular weight excluding hydrogens is 264 g/mol. The van der Waals surface area contributed by atoms with Crippen LogP contribution in [0.15, 0.2) is 24.3 Å². The highest BCUT2D eigenvalue weighted by Gasteiger charge is 2.32. The van der Waals surface area contributed by atoms with Gasteiger partial charge in [0.25, 0.3) is 0 Å². The number of carbonyl (C=O) groups excluding carboxylic acids is 1. The van der Waals surface area contributed by atoms with Gasteiger partial charge in [-0.25, -0.2) is 0 Å². The van der Waals surface area contributed by atoms with Crippen LogP contribution in [-0.4, -0.2) is 48.2 Å². The minimum absolute atomic E-state index is 0.126. The molecule has 21 heavy (non-hydrogen) atoms. The smallest absolute Gasteiger partial charge is 0.241 e. The molecule has 1 aromatic carbocycles. The Labute approximate surface area is 126 Å². The molecule has 114 valence electrons. The number of aliphatic hydroxyl groups excluding tert-OH is 1. The Kier molecular flexibility index (Phi) is 4.27. The van der Waals surface area contributed by atoms with Crippen LogP contribution in [0.3, 0.4) is 0 Å². The lowest BCUT2D eigenvalue weighted by Gasteiger charge is -2.39. The van der Waals surface area contributed by atoms with Gasteiger partial charge in [-0.05, 0) is 43.4 Å². The monoisotopic (exact) mass is 288 g/mol. The van der Waals surface area contributed by atoms with Crippen LogP contribution in [0.25, 0.3) is 0 Å². The molecule has 0 saturated carbocycles. The van der Waals surface area contributed by atoms with Crippen LogP contribution in [0.1, 0.15) is 25.3 Å². The summed E-state index contributed by atoms with van der Waals surface area (Å²) in [6, 6.07) is 8.27. The van der Waals surface area contributed by atoms with Crippen LogP contribution in [0, 0.1) is 5.92 Å². The summed E-state index contributed by atoms with van der Waals surface area (Å²) in [7, 11) is 0. The molecule has 2 heterocycles. The Bertz CT molecular complexity index is 517. The van der Waals surface area contributed by atoms with E-state index >= 15 is 0 Å². The first-order valence-corrected chi connectivity index (χ1v) is 7.94. The molecule has 3 rings (SSSR count). The predicted octanol–water partition coefficient (Wildman–Crippen LogP) is 1.67. The lowest BCUT2D eigenvalue weighted by atomic mass is 9.91. The summed E-state index contributed by atoms with van der Waals surface area (Å²) in [5, 5.41) is 9.60. The van der Waals surface area contributed by atoms with Crippen molar-refractivity contribution in [3.05, 3.63) is 29.8 Å². The highest BCUT2D eigenvalue weighted by atomic mass is 16.3. The van der Waals surface area contributed by atoms with Crippen molar-refractivity contribution >= 4 is 11.6 Å². The van der Waals surface area contributed by atoms with E-state index in [9.17, 15) is 9.90 Å². The second-order valence-electron chi connectivity index (χ2n) is 6.26. The molecule has 0 bridgehead atoms. The molecule has 1 N–H and O–H groups in total. The average molecular weight is 288 g/mol. The molecule has 0 spiro atoms. The number of para-hydroxylation sites is 1. The Morgan fingerprint density at radius 3 is 2.95 bits per heavy atom. The van der Waals surface area contributed by atoms with E-state index in [1.807, 2.05) is 23.1 Å². The molecule has 2 unspecified atom stereocenters. The van der Waals surface area contributed by atoms with Gasteiger partial charge in [0.15, 0.2) is 0 Å². The van der Waals surface area contributed by atoms with Crippen molar-refractivity contribution in [1.29, 1.82) is 0 Å². The van der Waals surface area contributed by atoms with Crippen LogP contribution in [0.5, 0.6) is 0 Å². The van der Waals surface area contributed by atoms with E-state index in [0.717, 1.165) is 38.0 Å². The van der Waals surface area contributed by atoms with Crippen molar-refractivity contribution in [3.8, 4) is 0 Å². The van der Waals surface area contributed by atoms with Gasteiger partial charge in [-0.1, -0.05) is 25.1 Å². The van der Waals surface area contributed by atoms with E-state index in [2.05, 4.69) is 17.9 Å². The van der Waals surface area contributed by atoms with E-state index in [4.69, 9.17) is 0 Å². The van der Waals surface area contributed by atoms with Crippen molar-refractivity contribution in [2.75, 3.05) is 31.1 Å². The molecule has 1 amide bonds. The molecular formula is C17H24N2O2. The largest absolute Gasteiger partial charge is 0.395 e. The van der Waals surface area contributed by atoms with Gasteiger partial charge in [0.2, 0.25) is 5.91 Å². The third kappa shape index (κ3) is 2.83. The van der Waals surface area contributed by atoms with E-state index in [0.29, 0.717) is 12.5 Å². The first kappa shape index (κ1) is 14.5. The van der Waals surface area contributed by atoms with Crippen molar-refractivity contribution < 1.29 is 9.90 Å². The fourth-order valence-electron chi connectivity index (χ4n) is 3.68. The van der Waals surface area contributed by atoms with Gasteiger partial charge in [-0.15, -0.1) is 0 Å². The number of rotatable bonds is 3. The van der Waals surface area contributed by atoms with Crippen molar-refractivity contribution in [2.24, 2.45) is 5.92 Å². The van der Waals surface area contributed by atoms with E-state index in [1.165, 1.54) is 5.56 Å². The maximum Gasteiger partial charge on any atom is 0.241 e. The quantitative estimate of drug-likeness (QED) is 0.920. The number of amides is 1. The van der Waals surface area contributed by atoms with E-state index in [1.54, 1.807) is 0 Å². The third-order valence-corrected chi connectivity index (χ3v) is 4.94. The highest BCUT2D eigenvalue weighted by molar-refractivity contribution is 5.96. The zero-order chi connectivity index (χ0) is 14.8. The van der Waals surface area contributed by atoms with Gasteiger partial charge in [0, 0.05) is 18.3 Å². The number of nitrogens with zero attached hydrogens (tertiary/aromatic N) is 2. The predicted molar refractivity (Wildman–Crippen MR) is 83.3 cm³/mol. The van der Waals surface area contributed by atoms with Gasteiger partial charge in [0.05, 0.1) is 13.2 Å². The number of carbonyl (C=O) groups is 1. The Morgan fingerprint density at radius 1 is 1.33 bits per heavy atom. The molecule has 0 aliphatic carbocycles. The number of hydrogen-bond acceptors (Lipinski definition) is 3. The van der Waals surface area contributed by atoms with Crippen molar-refractivity contribution in [1.82, 2.24) is 4.90 Å². The third-order valence-electron chi connectivity index (χ3n) is 4.94. The summed E-state index contributed by atoms with van der Waals surface area (Å²) in [4.78, 5) is 16.7. The average Bonchev–Trinajstić information content (AvgIpc) is 2.91. The molecule has 2 aliphatic rings. The fraction of sp³-hybridized carbons (Fsp3) is 0.588. The van der Waals surface area contributed by atoms with Crippen LogP contribution in [-0.2, 0) is 11.2 Å². The highest BCUT2D eigenvalue weighted by Crippen LogP contribution is 2.28. The zero-order valence-electron chi connectivity index (χ0n) is 12.7. The molecule has 1 aromatic rings. The van der Waals surface area contributed by atoms with Crippen molar-refractivity contribution in [3.63, 3.8) is 0 Å². The van der Waals surface area contributed by atoms with Gasteiger partial charge in [-0.2, -0.15) is 0 Å². The lowest BCUT2D eigenvalue weighted by Crippen LogP contribution is -2.51. The lowest BCUT2D eigenvalue weighted by molar-refractivity contribution is -0.121. The van der Waals surface area contributed by atoms with E-state index < -0.39 is 0 Å². The summed E-state index contributed by atoms with van der Waals surface area (Å²) in [6.45, 7) is 4.43. The summed E-state index contributed by atoms with van der Waals surface area (Å²) in [5.41, 5.74) is 2.32. The summed E-state index contributed by atoms with van der Waals surface area (Å²) < 4.78 is 0. The molecule has 2 atom stereocenters. The second-order valence-corrected chi connectivity index (χ2v) is 6.26. The number of benzene rings is 1. The van der Waals surface area contributed by atoms with Crippen LogP contribution < -0.4 is 4.90 Å². The second kappa shape index (κ2) is 6.16. The number of aliphatic hydroxyl groups is 1. The Hall–Kier alpha value is -1.39. The molecule has 4 heteroatoms. The molecule has 0 radical (unpaired) electrons. The van der Waals surface area contributed by atoms with Crippen molar-refractivity contribution in [2.45, 2.75) is 32.2 Å². The van der Waals surface area contributed by atoms with Gasteiger partial charge in [-0.3, -0.25) is 9.69 Å². The fourth-order valence-corrected chi connectivity index (χ4v) is 3.68. The zero-order valence-corrected chi connectivity index (χ0v) is 12.7. The Balaban J connectivity index is 1.69. The van der Waals surface area contributed by atoms with Crippen LogP contribution >= 0.6 is 0 Å². The van der Waals surface area contributed by atoms with Crippen LogP contribution in [0.2, 0.25) is 0 Å². The molecule has 1 saturated heterocycles. The molecule has 1 fully saturated rings. The number of likely N-dealkylation sites (tertiary alicyclic amines) is 1. The minimum Gasteiger partial charge on any atom is -0.395 e. The molecule has 2 aliphatic heterocycles. The van der Waals surface area contributed by atoms with E-state index in [-0.39, 0.29) is 18.6 Å². The number of anilines is 1. The molecule has 0 aromatic heterocycles. The SMILES string of the molecule is CC1CCCN(CC(=O)N2CCc3ccccc32)C1CO. The Morgan fingerprint density at radius 2 is 2.14 bits per heavy atom. The number of piperidine rings is 1. The maximum atomic E-state index is 12.6. The van der Waals surface area contributed by atoms with Crippen LogP contribution in [0.4, 0.5) is 5.69 Å². The molecule has 4 nitrogen and oxygen atoms in total. The maximum absolute atomic E-state index is 12.6. The van der Waals surface area contributed by atoms with Gasteiger partial charge >= 0.3 is 0 Å².